The van der Waals surface area contributed by atoms with Gasteiger partial charge in [0.05, 0.1) is 18.2 Å². The number of nitriles is 1. The Kier molecular flexibility index (Phi) is 3.40. The van der Waals surface area contributed by atoms with Crippen molar-refractivity contribution >= 4 is 0 Å². The number of rotatable bonds is 3. The van der Waals surface area contributed by atoms with Crippen LogP contribution in [0.5, 0.6) is 0 Å². The van der Waals surface area contributed by atoms with Crippen molar-refractivity contribution in [1.29, 1.82) is 5.26 Å². The van der Waals surface area contributed by atoms with Crippen LogP contribution in [0.15, 0.2) is 23.1 Å². The van der Waals surface area contributed by atoms with E-state index in [1.54, 1.807) is 0 Å². The number of nitrogens with zero attached hydrogens (tertiary/aromatic N) is 2. The second-order valence-corrected chi connectivity index (χ2v) is 2.91. The lowest BCUT2D eigenvalue weighted by Crippen LogP contribution is -2.30. The highest BCUT2D eigenvalue weighted by atomic mass is 16.3. The average Bonchev–Trinajstić information content (AvgIpc) is 2.21. The van der Waals surface area contributed by atoms with Gasteiger partial charge in [-0.25, -0.2) is 0 Å². The molecule has 5 nitrogen and oxygen atoms in total. The van der Waals surface area contributed by atoms with Gasteiger partial charge in [0, 0.05) is 18.8 Å². The Morgan fingerprint density at radius 1 is 1.64 bits per heavy atom. The predicted octanol–water partition coefficient (Wildman–Crippen LogP) is -0.960. The Morgan fingerprint density at radius 2 is 2.36 bits per heavy atom. The summed E-state index contributed by atoms with van der Waals surface area (Å²) in [6.45, 7) is 0.202. The fourth-order valence-electron chi connectivity index (χ4n) is 1.04. The number of hydrogen-bond acceptors (Lipinski definition) is 4. The Hall–Kier alpha value is -1.64. The molecule has 0 aromatic carbocycles. The molecule has 3 N–H and O–H groups in total. The van der Waals surface area contributed by atoms with Gasteiger partial charge in [0.15, 0.2) is 0 Å². The maximum Gasteiger partial charge on any atom is 0.250 e. The highest BCUT2D eigenvalue weighted by Crippen LogP contribution is 1.94. The predicted molar refractivity (Wildman–Crippen MR) is 50.5 cm³/mol. The van der Waals surface area contributed by atoms with Gasteiger partial charge in [-0.05, 0) is 6.07 Å². The lowest BCUT2D eigenvalue weighted by atomic mass is 10.3. The van der Waals surface area contributed by atoms with Gasteiger partial charge in [-0.2, -0.15) is 5.26 Å². The molecular weight excluding hydrogens is 182 g/mol. The molecule has 0 fully saturated rings. The summed E-state index contributed by atoms with van der Waals surface area (Å²) in [5, 5.41) is 17.8. The van der Waals surface area contributed by atoms with E-state index in [-0.39, 0.29) is 18.6 Å². The molecule has 1 aromatic rings. The van der Waals surface area contributed by atoms with Gasteiger partial charge in [0.25, 0.3) is 5.56 Å². The summed E-state index contributed by atoms with van der Waals surface area (Å²) in [5.74, 6) is 0. The zero-order chi connectivity index (χ0) is 10.6. The molecule has 0 saturated heterocycles. The van der Waals surface area contributed by atoms with Crippen molar-refractivity contribution in [3.8, 4) is 6.07 Å². The normalized spacial score (nSPS) is 12.1. The molecule has 0 aliphatic heterocycles. The Balaban J connectivity index is 2.96. The minimum atomic E-state index is -0.762. The molecule has 0 spiro atoms. The maximum absolute atomic E-state index is 11.2. The van der Waals surface area contributed by atoms with Crippen molar-refractivity contribution in [1.82, 2.24) is 4.57 Å². The first-order valence-corrected chi connectivity index (χ1v) is 4.16. The summed E-state index contributed by atoms with van der Waals surface area (Å²) in [7, 11) is 0. The fraction of sp³-hybridized carbons (Fsp3) is 0.333. The van der Waals surface area contributed by atoms with E-state index in [1.165, 1.54) is 22.9 Å². The first kappa shape index (κ1) is 10.4. The number of aliphatic hydroxyl groups is 1. The van der Waals surface area contributed by atoms with Gasteiger partial charge in [0.1, 0.15) is 6.07 Å². The van der Waals surface area contributed by atoms with Crippen molar-refractivity contribution in [3.05, 3.63) is 34.2 Å². The summed E-state index contributed by atoms with van der Waals surface area (Å²) in [4.78, 5) is 11.2. The SMILES string of the molecule is N#Cc1ccc(=O)n(C[C@H](O)CN)c1. The number of nitrogens with two attached hydrogens (primary N) is 1. The zero-order valence-corrected chi connectivity index (χ0v) is 7.55. The first-order valence-electron chi connectivity index (χ1n) is 4.16. The van der Waals surface area contributed by atoms with E-state index in [9.17, 15) is 9.90 Å². The van der Waals surface area contributed by atoms with Crippen LogP contribution in [0.1, 0.15) is 5.56 Å². The number of pyridine rings is 1. The molecule has 0 amide bonds. The Labute approximate surface area is 81.0 Å². The Bertz CT molecular complexity index is 405. The molecule has 74 valence electrons. The lowest BCUT2D eigenvalue weighted by molar-refractivity contribution is 0.160. The van der Waals surface area contributed by atoms with E-state index in [0.29, 0.717) is 5.56 Å². The molecule has 1 aromatic heterocycles. The van der Waals surface area contributed by atoms with Crippen LogP contribution in [-0.2, 0) is 6.54 Å². The molecule has 0 saturated carbocycles. The van der Waals surface area contributed by atoms with Crippen molar-refractivity contribution in [3.63, 3.8) is 0 Å². The van der Waals surface area contributed by atoms with Gasteiger partial charge < -0.3 is 15.4 Å². The second kappa shape index (κ2) is 4.56. The molecular formula is C9H11N3O2. The third-order valence-electron chi connectivity index (χ3n) is 1.79. The van der Waals surface area contributed by atoms with E-state index >= 15 is 0 Å². The van der Waals surface area contributed by atoms with Crippen molar-refractivity contribution in [2.24, 2.45) is 5.73 Å². The lowest BCUT2D eigenvalue weighted by Gasteiger charge is -2.09. The van der Waals surface area contributed by atoms with Gasteiger partial charge >= 0.3 is 0 Å². The van der Waals surface area contributed by atoms with Crippen molar-refractivity contribution in [2.45, 2.75) is 12.6 Å². The summed E-state index contributed by atoms with van der Waals surface area (Å²) in [6, 6.07) is 4.64. The van der Waals surface area contributed by atoms with E-state index in [2.05, 4.69) is 0 Å². The quantitative estimate of drug-likeness (QED) is 0.646. The molecule has 0 bridgehead atoms. The first-order chi connectivity index (χ1) is 6.67. The second-order valence-electron chi connectivity index (χ2n) is 2.91. The Morgan fingerprint density at radius 3 is 2.93 bits per heavy atom. The molecule has 0 aliphatic carbocycles. The van der Waals surface area contributed by atoms with Crippen LogP contribution in [0.2, 0.25) is 0 Å². The van der Waals surface area contributed by atoms with Crippen LogP contribution >= 0.6 is 0 Å². The third-order valence-corrected chi connectivity index (χ3v) is 1.79. The van der Waals surface area contributed by atoms with Gasteiger partial charge in [-0.1, -0.05) is 0 Å². The van der Waals surface area contributed by atoms with Gasteiger partial charge in [-0.3, -0.25) is 4.79 Å². The largest absolute Gasteiger partial charge is 0.390 e. The molecule has 1 rings (SSSR count). The topological polar surface area (TPSA) is 92.0 Å². The fourth-order valence-corrected chi connectivity index (χ4v) is 1.04. The number of aromatic nitrogens is 1. The average molecular weight is 193 g/mol. The summed E-state index contributed by atoms with van der Waals surface area (Å²) in [6.07, 6.45) is 0.642. The smallest absolute Gasteiger partial charge is 0.250 e. The molecule has 5 heteroatoms. The summed E-state index contributed by atoms with van der Waals surface area (Å²) in [5.41, 5.74) is 5.34. The van der Waals surface area contributed by atoms with E-state index < -0.39 is 6.10 Å². The van der Waals surface area contributed by atoms with Gasteiger partial charge in [-0.15, -0.1) is 0 Å². The van der Waals surface area contributed by atoms with Crippen LogP contribution < -0.4 is 11.3 Å². The van der Waals surface area contributed by atoms with Crippen LogP contribution in [-0.4, -0.2) is 22.3 Å². The van der Waals surface area contributed by atoms with E-state index in [0.717, 1.165) is 0 Å². The monoisotopic (exact) mass is 193 g/mol. The van der Waals surface area contributed by atoms with Gasteiger partial charge in [0.2, 0.25) is 0 Å². The molecule has 0 radical (unpaired) electrons. The van der Waals surface area contributed by atoms with E-state index in [4.69, 9.17) is 11.0 Å². The van der Waals surface area contributed by atoms with Crippen LogP contribution in [0, 0.1) is 11.3 Å². The molecule has 14 heavy (non-hydrogen) atoms. The standard InChI is InChI=1S/C9H11N3O2/c10-3-7-1-2-9(14)12(5-7)6-8(13)4-11/h1-2,5,8,13H,4,6,11H2/t8-/m1/s1. The minimum Gasteiger partial charge on any atom is -0.390 e. The zero-order valence-electron chi connectivity index (χ0n) is 7.55. The molecule has 0 unspecified atom stereocenters. The summed E-state index contributed by atoms with van der Waals surface area (Å²) >= 11 is 0. The van der Waals surface area contributed by atoms with Crippen LogP contribution in [0.4, 0.5) is 0 Å². The number of hydrogen-bond donors (Lipinski definition) is 2. The minimum absolute atomic E-state index is 0.0865. The van der Waals surface area contributed by atoms with Crippen LogP contribution in [0.3, 0.4) is 0 Å². The molecule has 1 atom stereocenters. The molecule has 1 heterocycles. The molecule has 0 aliphatic rings. The van der Waals surface area contributed by atoms with Crippen LogP contribution in [0.25, 0.3) is 0 Å². The number of aliphatic hydroxyl groups excluding tert-OH is 1. The van der Waals surface area contributed by atoms with Crippen molar-refractivity contribution in [2.75, 3.05) is 6.54 Å². The van der Waals surface area contributed by atoms with Crippen molar-refractivity contribution < 1.29 is 5.11 Å². The summed E-state index contributed by atoms with van der Waals surface area (Å²) < 4.78 is 1.27. The maximum atomic E-state index is 11.2. The van der Waals surface area contributed by atoms with E-state index in [1.807, 2.05) is 6.07 Å². The highest BCUT2D eigenvalue weighted by molar-refractivity contribution is 5.24. The third kappa shape index (κ3) is 2.42. The highest BCUT2D eigenvalue weighted by Gasteiger charge is 2.04.